The van der Waals surface area contributed by atoms with Gasteiger partial charge in [-0.1, -0.05) is 18.2 Å². The molecule has 0 fully saturated rings. The fourth-order valence-corrected chi connectivity index (χ4v) is 2.46. The molecule has 0 aliphatic heterocycles. The molecule has 0 aliphatic carbocycles. The number of para-hydroxylation sites is 1. The number of nitrogens with zero attached hydrogens (tertiary/aromatic N) is 1. The summed E-state index contributed by atoms with van der Waals surface area (Å²) in [5.74, 6) is 0.805. The van der Waals surface area contributed by atoms with E-state index in [9.17, 15) is 14.9 Å². The number of methoxy groups -OCH3 is 1. The van der Waals surface area contributed by atoms with Crippen molar-refractivity contribution in [3.05, 3.63) is 63.7 Å². The van der Waals surface area contributed by atoms with E-state index in [-0.39, 0.29) is 24.2 Å². The number of benzene rings is 2. The van der Waals surface area contributed by atoms with Gasteiger partial charge in [-0.15, -0.1) is 0 Å². The number of carbonyl (C=O) groups is 1. The van der Waals surface area contributed by atoms with Gasteiger partial charge < -0.3 is 14.8 Å². The molecule has 0 aromatic heterocycles. The normalized spacial score (nSPS) is 11.5. The van der Waals surface area contributed by atoms with E-state index in [1.807, 2.05) is 31.2 Å². The molecule has 2 aromatic carbocycles. The molecule has 0 aliphatic rings. The molecule has 7 heteroatoms. The predicted molar refractivity (Wildman–Crippen MR) is 92.9 cm³/mol. The molecular weight excluding hydrogens is 324 g/mol. The van der Waals surface area contributed by atoms with Gasteiger partial charge in [0.05, 0.1) is 18.1 Å². The van der Waals surface area contributed by atoms with E-state index in [4.69, 9.17) is 9.47 Å². The minimum absolute atomic E-state index is 0.0154. The Morgan fingerprint density at radius 3 is 2.64 bits per heavy atom. The summed E-state index contributed by atoms with van der Waals surface area (Å²) in [5.41, 5.74) is 1.36. The van der Waals surface area contributed by atoms with Crippen LogP contribution in [0.25, 0.3) is 0 Å². The van der Waals surface area contributed by atoms with Gasteiger partial charge in [-0.2, -0.15) is 0 Å². The third-order valence-corrected chi connectivity index (χ3v) is 3.72. The lowest BCUT2D eigenvalue weighted by atomic mass is 10.1. The van der Waals surface area contributed by atoms with Crippen LogP contribution >= 0.6 is 0 Å². The SMILES string of the molecule is COc1ccccc1C(C)NC(=O)COc1ccc([N+](=O)[O-])c(C)c1. The van der Waals surface area contributed by atoms with Gasteiger partial charge in [0.2, 0.25) is 0 Å². The summed E-state index contributed by atoms with van der Waals surface area (Å²) in [4.78, 5) is 22.4. The Morgan fingerprint density at radius 2 is 2.00 bits per heavy atom. The topological polar surface area (TPSA) is 90.7 Å². The molecule has 1 atom stereocenters. The van der Waals surface area contributed by atoms with Crippen LogP contribution in [0, 0.1) is 17.0 Å². The first kappa shape index (κ1) is 18.3. The van der Waals surface area contributed by atoms with Gasteiger partial charge in [-0.3, -0.25) is 14.9 Å². The molecule has 0 saturated carbocycles. The number of rotatable bonds is 7. The third kappa shape index (κ3) is 4.69. The van der Waals surface area contributed by atoms with Crippen LogP contribution in [0.5, 0.6) is 11.5 Å². The Morgan fingerprint density at radius 1 is 1.28 bits per heavy atom. The first-order valence-electron chi connectivity index (χ1n) is 7.72. The fraction of sp³-hybridized carbons (Fsp3) is 0.278. The van der Waals surface area contributed by atoms with Crippen molar-refractivity contribution in [3.8, 4) is 11.5 Å². The second kappa shape index (κ2) is 8.14. The number of amides is 1. The van der Waals surface area contributed by atoms with Gasteiger partial charge in [0, 0.05) is 17.2 Å². The second-order valence-corrected chi connectivity index (χ2v) is 5.53. The first-order chi connectivity index (χ1) is 11.9. The minimum atomic E-state index is -0.458. The first-order valence-corrected chi connectivity index (χ1v) is 7.72. The maximum atomic E-state index is 12.1. The van der Waals surface area contributed by atoms with Crippen LogP contribution in [0.2, 0.25) is 0 Å². The molecule has 0 saturated heterocycles. The van der Waals surface area contributed by atoms with Crippen LogP contribution in [0.1, 0.15) is 24.1 Å². The number of aryl methyl sites for hydroxylation is 1. The summed E-state index contributed by atoms with van der Waals surface area (Å²) in [5, 5.41) is 13.6. The fourth-order valence-electron chi connectivity index (χ4n) is 2.46. The third-order valence-electron chi connectivity index (χ3n) is 3.72. The number of nitro benzene ring substituents is 1. The molecular formula is C18H20N2O5. The van der Waals surface area contributed by atoms with Gasteiger partial charge in [0.1, 0.15) is 11.5 Å². The summed E-state index contributed by atoms with van der Waals surface area (Å²) in [6.45, 7) is 3.29. The highest BCUT2D eigenvalue weighted by molar-refractivity contribution is 5.78. The predicted octanol–water partition coefficient (Wildman–Crippen LogP) is 3.17. The molecule has 2 aromatic rings. The molecule has 25 heavy (non-hydrogen) atoms. The summed E-state index contributed by atoms with van der Waals surface area (Å²) in [6.07, 6.45) is 0. The maximum Gasteiger partial charge on any atom is 0.272 e. The molecule has 0 spiro atoms. The van der Waals surface area contributed by atoms with Crippen LogP contribution in [-0.4, -0.2) is 24.5 Å². The summed E-state index contributed by atoms with van der Waals surface area (Å²) in [6, 6.07) is 11.6. The lowest BCUT2D eigenvalue weighted by Gasteiger charge is -2.17. The molecule has 0 radical (unpaired) electrons. The summed E-state index contributed by atoms with van der Waals surface area (Å²) < 4.78 is 10.7. The Bertz CT molecular complexity index is 776. The Balaban J connectivity index is 1.94. The number of nitrogens with one attached hydrogen (secondary N) is 1. The largest absolute Gasteiger partial charge is 0.496 e. The van der Waals surface area contributed by atoms with E-state index >= 15 is 0 Å². The van der Waals surface area contributed by atoms with Crippen molar-refractivity contribution in [3.63, 3.8) is 0 Å². The van der Waals surface area contributed by atoms with Gasteiger partial charge in [0.25, 0.3) is 11.6 Å². The quantitative estimate of drug-likeness (QED) is 0.615. The molecule has 0 heterocycles. The van der Waals surface area contributed by atoms with E-state index in [1.165, 1.54) is 18.2 Å². The average molecular weight is 344 g/mol. The van der Waals surface area contributed by atoms with E-state index in [1.54, 1.807) is 14.0 Å². The van der Waals surface area contributed by atoms with Gasteiger partial charge in [-0.05, 0) is 32.0 Å². The molecule has 1 amide bonds. The van der Waals surface area contributed by atoms with Gasteiger partial charge in [0.15, 0.2) is 6.61 Å². The Hall–Kier alpha value is -3.09. The van der Waals surface area contributed by atoms with E-state index in [2.05, 4.69) is 5.32 Å². The van der Waals surface area contributed by atoms with E-state index < -0.39 is 4.92 Å². The van der Waals surface area contributed by atoms with Crippen LogP contribution < -0.4 is 14.8 Å². The molecule has 1 unspecified atom stereocenters. The standard InChI is InChI=1S/C18H20N2O5/c1-12-10-14(8-9-16(12)20(22)23)25-11-18(21)19-13(2)15-6-4-5-7-17(15)24-3/h4-10,13H,11H2,1-3H3,(H,19,21). The van der Waals surface area contributed by atoms with Crippen molar-refractivity contribution in [2.24, 2.45) is 0 Å². The Labute approximate surface area is 145 Å². The number of carbonyl (C=O) groups excluding carboxylic acids is 1. The Kier molecular flexibility index (Phi) is 5.94. The zero-order valence-electron chi connectivity index (χ0n) is 14.3. The molecule has 132 valence electrons. The molecule has 2 rings (SSSR count). The molecule has 7 nitrogen and oxygen atoms in total. The number of nitro groups is 1. The second-order valence-electron chi connectivity index (χ2n) is 5.53. The lowest BCUT2D eigenvalue weighted by molar-refractivity contribution is -0.385. The smallest absolute Gasteiger partial charge is 0.272 e. The van der Waals surface area contributed by atoms with Gasteiger partial charge in [-0.25, -0.2) is 0 Å². The van der Waals surface area contributed by atoms with Crippen molar-refractivity contribution in [2.45, 2.75) is 19.9 Å². The van der Waals surface area contributed by atoms with E-state index in [0.717, 1.165) is 5.56 Å². The van der Waals surface area contributed by atoms with E-state index in [0.29, 0.717) is 17.1 Å². The van der Waals surface area contributed by atoms with Crippen LogP contribution in [0.4, 0.5) is 5.69 Å². The summed E-state index contributed by atoms with van der Waals surface area (Å²) >= 11 is 0. The zero-order valence-corrected chi connectivity index (χ0v) is 14.3. The van der Waals surface area contributed by atoms with Crippen molar-refractivity contribution < 1.29 is 19.2 Å². The number of ether oxygens (including phenoxy) is 2. The highest BCUT2D eigenvalue weighted by atomic mass is 16.6. The van der Waals surface area contributed by atoms with Crippen molar-refractivity contribution in [1.29, 1.82) is 0 Å². The minimum Gasteiger partial charge on any atom is -0.496 e. The van der Waals surface area contributed by atoms with Gasteiger partial charge >= 0.3 is 0 Å². The lowest BCUT2D eigenvalue weighted by Crippen LogP contribution is -2.31. The number of hydrogen-bond acceptors (Lipinski definition) is 5. The zero-order chi connectivity index (χ0) is 18.4. The molecule has 1 N–H and O–H groups in total. The maximum absolute atomic E-state index is 12.1. The van der Waals surface area contributed by atoms with Crippen molar-refractivity contribution in [1.82, 2.24) is 5.32 Å². The molecule has 0 bridgehead atoms. The summed E-state index contributed by atoms with van der Waals surface area (Å²) in [7, 11) is 1.58. The highest BCUT2D eigenvalue weighted by Gasteiger charge is 2.15. The number of hydrogen-bond donors (Lipinski definition) is 1. The van der Waals surface area contributed by atoms with Crippen LogP contribution in [0.15, 0.2) is 42.5 Å². The van der Waals surface area contributed by atoms with Crippen molar-refractivity contribution >= 4 is 11.6 Å². The highest BCUT2D eigenvalue weighted by Crippen LogP contribution is 2.25. The van der Waals surface area contributed by atoms with Crippen molar-refractivity contribution in [2.75, 3.05) is 13.7 Å². The monoisotopic (exact) mass is 344 g/mol. The van der Waals surface area contributed by atoms with Crippen LogP contribution in [-0.2, 0) is 4.79 Å². The van der Waals surface area contributed by atoms with Crippen LogP contribution in [0.3, 0.4) is 0 Å². The average Bonchev–Trinajstić information content (AvgIpc) is 2.59.